The van der Waals surface area contributed by atoms with E-state index in [0.717, 1.165) is 63.8 Å². The van der Waals surface area contributed by atoms with Crippen LogP contribution in [0.5, 0.6) is 0 Å². The van der Waals surface area contributed by atoms with Crippen molar-refractivity contribution >= 4 is 5.91 Å². The first-order chi connectivity index (χ1) is 12.2. The maximum Gasteiger partial charge on any atom is 0.276 e. The number of hydrogen-bond donors (Lipinski definition) is 1. The fourth-order valence-electron chi connectivity index (χ4n) is 4.65. The molecule has 0 atom stereocenters. The van der Waals surface area contributed by atoms with E-state index in [1.54, 1.807) is 0 Å². The fraction of sp³-hybridized carbons (Fsp3) is 0.833. The highest BCUT2D eigenvalue weighted by molar-refractivity contribution is 5.93. The first-order valence-corrected chi connectivity index (χ1v) is 9.90. The molecule has 0 spiro atoms. The van der Waals surface area contributed by atoms with Crippen molar-refractivity contribution < 1.29 is 4.79 Å². The highest BCUT2D eigenvalue weighted by Crippen LogP contribution is 2.25. The molecule has 1 aromatic rings. The van der Waals surface area contributed by atoms with Crippen molar-refractivity contribution in [2.75, 3.05) is 39.3 Å². The number of rotatable bonds is 3. The van der Waals surface area contributed by atoms with Gasteiger partial charge in [0.25, 0.3) is 5.91 Å². The van der Waals surface area contributed by atoms with E-state index in [2.05, 4.69) is 20.5 Å². The molecule has 25 heavy (non-hydrogen) atoms. The quantitative estimate of drug-likeness (QED) is 0.891. The summed E-state index contributed by atoms with van der Waals surface area (Å²) in [6, 6.07) is 1.12. The second-order valence-corrected chi connectivity index (χ2v) is 7.72. The summed E-state index contributed by atoms with van der Waals surface area (Å²) >= 11 is 0. The number of piperazine rings is 1. The Morgan fingerprint density at radius 2 is 1.68 bits per heavy atom. The van der Waals surface area contributed by atoms with Gasteiger partial charge in [0.2, 0.25) is 0 Å². The number of nitrogens with one attached hydrogen (secondary N) is 1. The van der Waals surface area contributed by atoms with E-state index < -0.39 is 0 Å². The molecule has 0 unspecified atom stereocenters. The number of amides is 1. The summed E-state index contributed by atoms with van der Waals surface area (Å²) in [7, 11) is 0. The Morgan fingerprint density at radius 1 is 1.00 bits per heavy atom. The highest BCUT2D eigenvalue weighted by Gasteiger charge is 2.30. The molecular weight excluding hydrogens is 316 g/mol. The van der Waals surface area contributed by atoms with E-state index in [9.17, 15) is 4.79 Å². The van der Waals surface area contributed by atoms with Crippen LogP contribution in [0.25, 0.3) is 0 Å². The largest absolute Gasteiger partial charge is 0.335 e. The van der Waals surface area contributed by atoms with Crippen molar-refractivity contribution in [3.05, 3.63) is 11.4 Å². The van der Waals surface area contributed by atoms with Gasteiger partial charge >= 0.3 is 0 Å². The SMILES string of the molecule is Cc1c(C(=O)N2CCN(C3CCCC3)CC2)nnn1C1CCNCC1. The normalized spacial score (nSPS) is 24.1. The van der Waals surface area contributed by atoms with E-state index in [0.29, 0.717) is 11.7 Å². The molecular formula is C18H30N6O. The van der Waals surface area contributed by atoms with Gasteiger partial charge in [0, 0.05) is 32.2 Å². The van der Waals surface area contributed by atoms with Gasteiger partial charge < -0.3 is 10.2 Å². The average Bonchev–Trinajstić information content (AvgIpc) is 3.32. The first kappa shape index (κ1) is 17.0. The fourth-order valence-corrected chi connectivity index (χ4v) is 4.65. The lowest BCUT2D eigenvalue weighted by atomic mass is 10.1. The monoisotopic (exact) mass is 346 g/mol. The molecule has 1 aliphatic carbocycles. The average molecular weight is 346 g/mol. The van der Waals surface area contributed by atoms with Crippen molar-refractivity contribution in [1.29, 1.82) is 0 Å². The minimum absolute atomic E-state index is 0.0590. The standard InChI is InChI=1S/C18H30N6O/c1-14-17(20-21-24(14)16-6-8-19-9-7-16)18(25)23-12-10-22(11-13-23)15-4-2-3-5-15/h15-16,19H,2-13H2,1H3. The van der Waals surface area contributed by atoms with Crippen LogP contribution in [0.3, 0.4) is 0 Å². The molecule has 2 saturated heterocycles. The zero-order chi connectivity index (χ0) is 17.2. The summed E-state index contributed by atoms with van der Waals surface area (Å²) < 4.78 is 1.98. The zero-order valence-corrected chi connectivity index (χ0v) is 15.3. The summed E-state index contributed by atoms with van der Waals surface area (Å²) in [4.78, 5) is 17.5. The van der Waals surface area contributed by atoms with Gasteiger partial charge in [0.05, 0.1) is 11.7 Å². The Balaban J connectivity index is 1.39. The molecule has 1 N–H and O–H groups in total. The van der Waals surface area contributed by atoms with E-state index in [4.69, 9.17) is 0 Å². The summed E-state index contributed by atoms with van der Waals surface area (Å²) in [5.74, 6) is 0.0590. The van der Waals surface area contributed by atoms with E-state index in [1.807, 2.05) is 16.5 Å². The van der Waals surface area contributed by atoms with E-state index in [1.165, 1.54) is 25.7 Å². The molecule has 1 amide bonds. The van der Waals surface area contributed by atoms with E-state index >= 15 is 0 Å². The number of hydrogen-bond acceptors (Lipinski definition) is 5. The summed E-state index contributed by atoms with van der Waals surface area (Å²) in [6.45, 7) is 7.64. The Kier molecular flexibility index (Phi) is 5.03. The molecule has 2 aliphatic heterocycles. The van der Waals surface area contributed by atoms with Crippen LogP contribution in [-0.4, -0.2) is 76.0 Å². The lowest BCUT2D eigenvalue weighted by Crippen LogP contribution is -2.51. The Bertz CT molecular complexity index is 595. The Hall–Kier alpha value is -1.47. The van der Waals surface area contributed by atoms with Gasteiger partial charge in [-0.1, -0.05) is 18.1 Å². The van der Waals surface area contributed by atoms with Crippen molar-refractivity contribution in [2.24, 2.45) is 0 Å². The van der Waals surface area contributed by atoms with Crippen LogP contribution in [0.15, 0.2) is 0 Å². The minimum atomic E-state index is 0.0590. The molecule has 3 fully saturated rings. The molecule has 1 saturated carbocycles. The molecule has 7 heteroatoms. The molecule has 3 aliphatic rings. The summed E-state index contributed by atoms with van der Waals surface area (Å²) in [6.07, 6.45) is 7.50. The predicted molar refractivity (Wildman–Crippen MR) is 95.6 cm³/mol. The Labute approximate surface area is 149 Å². The van der Waals surface area contributed by atoms with Gasteiger partial charge in [-0.3, -0.25) is 9.69 Å². The number of piperidine rings is 1. The maximum absolute atomic E-state index is 12.9. The predicted octanol–water partition coefficient (Wildman–Crippen LogP) is 1.21. The molecule has 3 heterocycles. The first-order valence-electron chi connectivity index (χ1n) is 9.90. The molecule has 138 valence electrons. The van der Waals surface area contributed by atoms with E-state index in [-0.39, 0.29) is 5.91 Å². The number of nitrogens with zero attached hydrogens (tertiary/aromatic N) is 5. The lowest BCUT2D eigenvalue weighted by molar-refractivity contribution is 0.0567. The third-order valence-corrected chi connectivity index (χ3v) is 6.23. The van der Waals surface area contributed by atoms with Crippen molar-refractivity contribution in [3.8, 4) is 0 Å². The van der Waals surface area contributed by atoms with Crippen LogP contribution in [0.2, 0.25) is 0 Å². The van der Waals surface area contributed by atoms with Crippen molar-refractivity contribution in [3.63, 3.8) is 0 Å². The second kappa shape index (κ2) is 7.41. The smallest absolute Gasteiger partial charge is 0.276 e. The van der Waals surface area contributed by atoms with Crippen LogP contribution in [0.1, 0.15) is 60.7 Å². The molecule has 0 bridgehead atoms. The van der Waals surface area contributed by atoms with Gasteiger partial charge in [-0.15, -0.1) is 5.10 Å². The van der Waals surface area contributed by atoms with Gasteiger partial charge in [0.15, 0.2) is 5.69 Å². The molecule has 1 aromatic heterocycles. The molecule has 4 rings (SSSR count). The molecule has 0 radical (unpaired) electrons. The molecule has 0 aromatic carbocycles. The maximum atomic E-state index is 12.9. The van der Waals surface area contributed by atoms with Gasteiger partial charge in [-0.2, -0.15) is 0 Å². The molecule has 7 nitrogen and oxygen atoms in total. The van der Waals surface area contributed by atoms with Crippen LogP contribution >= 0.6 is 0 Å². The van der Waals surface area contributed by atoms with Crippen LogP contribution in [0.4, 0.5) is 0 Å². The van der Waals surface area contributed by atoms with Gasteiger partial charge in [-0.05, 0) is 45.7 Å². The number of aromatic nitrogens is 3. The zero-order valence-electron chi connectivity index (χ0n) is 15.3. The van der Waals surface area contributed by atoms with Crippen LogP contribution in [0, 0.1) is 6.92 Å². The summed E-state index contributed by atoms with van der Waals surface area (Å²) in [5.41, 5.74) is 1.47. The van der Waals surface area contributed by atoms with Gasteiger partial charge in [0.1, 0.15) is 0 Å². The Morgan fingerprint density at radius 3 is 2.36 bits per heavy atom. The van der Waals surface area contributed by atoms with Crippen molar-refractivity contribution in [1.82, 2.24) is 30.1 Å². The third-order valence-electron chi connectivity index (χ3n) is 6.23. The minimum Gasteiger partial charge on any atom is -0.335 e. The topological polar surface area (TPSA) is 66.3 Å². The van der Waals surface area contributed by atoms with Crippen LogP contribution in [-0.2, 0) is 0 Å². The number of carbonyl (C=O) groups is 1. The lowest BCUT2D eigenvalue weighted by Gasteiger charge is -2.37. The summed E-state index contributed by atoms with van der Waals surface area (Å²) in [5, 5.41) is 11.9. The van der Waals surface area contributed by atoms with Gasteiger partial charge in [-0.25, -0.2) is 4.68 Å². The number of carbonyl (C=O) groups excluding carboxylic acids is 1. The van der Waals surface area contributed by atoms with Crippen LogP contribution < -0.4 is 5.32 Å². The highest BCUT2D eigenvalue weighted by atomic mass is 16.2. The second-order valence-electron chi connectivity index (χ2n) is 7.72. The van der Waals surface area contributed by atoms with Crippen molar-refractivity contribution in [2.45, 2.75) is 57.5 Å². The third kappa shape index (κ3) is 3.44.